The summed E-state index contributed by atoms with van der Waals surface area (Å²) in [5.74, 6) is -0.115. The molecule has 1 aliphatic rings. The minimum atomic E-state index is -0.413. The van der Waals surface area contributed by atoms with Gasteiger partial charge in [0.1, 0.15) is 6.10 Å². The molecule has 1 saturated heterocycles. The molecule has 1 aliphatic heterocycles. The normalized spacial score (nSPS) is 21.6. The second-order valence-corrected chi connectivity index (χ2v) is 6.45. The Morgan fingerprint density at radius 3 is 2.81 bits per heavy atom. The van der Waals surface area contributed by atoms with Gasteiger partial charge in [-0.3, -0.25) is 4.79 Å². The molecule has 21 heavy (non-hydrogen) atoms. The van der Waals surface area contributed by atoms with Crippen molar-refractivity contribution in [3.8, 4) is 0 Å². The third-order valence-corrected chi connectivity index (χ3v) is 3.84. The smallest absolute Gasteiger partial charge is 0.253 e. The highest BCUT2D eigenvalue weighted by Gasteiger charge is 2.30. The molecule has 1 aromatic carbocycles. The van der Waals surface area contributed by atoms with E-state index < -0.39 is 6.10 Å². The maximum absolute atomic E-state index is 12.3. The van der Waals surface area contributed by atoms with E-state index in [2.05, 4.69) is 40.4 Å². The highest BCUT2D eigenvalue weighted by molar-refractivity contribution is 9.10. The van der Waals surface area contributed by atoms with Gasteiger partial charge < -0.3 is 21.1 Å². The average Bonchev–Trinajstić information content (AvgIpc) is 2.90. The zero-order chi connectivity index (χ0) is 15.4. The molecule has 1 fully saturated rings. The Morgan fingerprint density at radius 2 is 2.19 bits per heavy atom. The SMILES string of the molecule is CC(C)Nc1ccc(Br)cc1NC(=O)[C@@H]1CC[C@H](CN)O1. The quantitative estimate of drug-likeness (QED) is 0.758. The largest absolute Gasteiger partial charge is 0.381 e. The van der Waals surface area contributed by atoms with E-state index in [1.807, 2.05) is 18.2 Å². The summed E-state index contributed by atoms with van der Waals surface area (Å²) in [6.07, 6.45) is 1.14. The van der Waals surface area contributed by atoms with Crippen molar-refractivity contribution in [1.82, 2.24) is 0 Å². The van der Waals surface area contributed by atoms with Gasteiger partial charge in [-0.05, 0) is 44.9 Å². The maximum Gasteiger partial charge on any atom is 0.253 e. The molecular formula is C15H22BrN3O2. The second-order valence-electron chi connectivity index (χ2n) is 5.54. The highest BCUT2D eigenvalue weighted by atomic mass is 79.9. The van der Waals surface area contributed by atoms with Crippen LogP contribution in [0.4, 0.5) is 11.4 Å². The number of hydrogen-bond acceptors (Lipinski definition) is 4. The fourth-order valence-corrected chi connectivity index (χ4v) is 2.70. The lowest BCUT2D eigenvalue weighted by Crippen LogP contribution is -2.30. The number of nitrogens with one attached hydrogen (secondary N) is 2. The van der Waals surface area contributed by atoms with Crippen molar-refractivity contribution in [2.24, 2.45) is 5.73 Å². The number of rotatable bonds is 5. The predicted molar refractivity (Wildman–Crippen MR) is 88.5 cm³/mol. The lowest BCUT2D eigenvalue weighted by Gasteiger charge is -2.18. The topological polar surface area (TPSA) is 76.4 Å². The summed E-state index contributed by atoms with van der Waals surface area (Å²) in [6, 6.07) is 6.05. The summed E-state index contributed by atoms with van der Waals surface area (Å²) in [4.78, 5) is 12.3. The molecule has 0 spiro atoms. The molecule has 0 bridgehead atoms. The molecule has 0 saturated carbocycles. The average molecular weight is 356 g/mol. The molecule has 0 radical (unpaired) electrons. The van der Waals surface area contributed by atoms with E-state index >= 15 is 0 Å². The number of benzene rings is 1. The predicted octanol–water partition coefficient (Wildman–Crippen LogP) is 2.71. The van der Waals surface area contributed by atoms with Gasteiger partial charge in [-0.15, -0.1) is 0 Å². The van der Waals surface area contributed by atoms with E-state index in [-0.39, 0.29) is 18.1 Å². The van der Waals surface area contributed by atoms with E-state index in [9.17, 15) is 4.79 Å². The fourth-order valence-electron chi connectivity index (χ4n) is 2.34. The molecule has 2 atom stereocenters. The minimum Gasteiger partial charge on any atom is -0.381 e. The number of carbonyl (C=O) groups excluding carboxylic acids is 1. The van der Waals surface area contributed by atoms with Gasteiger partial charge in [0.15, 0.2) is 0 Å². The number of anilines is 2. The van der Waals surface area contributed by atoms with Crippen LogP contribution in [-0.4, -0.2) is 30.7 Å². The van der Waals surface area contributed by atoms with Crippen LogP contribution >= 0.6 is 15.9 Å². The molecule has 5 nitrogen and oxygen atoms in total. The molecule has 1 heterocycles. The highest BCUT2D eigenvalue weighted by Crippen LogP contribution is 2.28. The first-order valence-corrected chi connectivity index (χ1v) is 8.01. The third-order valence-electron chi connectivity index (χ3n) is 3.35. The summed E-state index contributed by atoms with van der Waals surface area (Å²) in [7, 11) is 0. The van der Waals surface area contributed by atoms with Crippen molar-refractivity contribution in [2.75, 3.05) is 17.2 Å². The second kappa shape index (κ2) is 7.24. The van der Waals surface area contributed by atoms with Crippen LogP contribution in [0, 0.1) is 0 Å². The Bertz CT molecular complexity index is 508. The molecule has 0 unspecified atom stereocenters. The van der Waals surface area contributed by atoms with Crippen LogP contribution in [0.3, 0.4) is 0 Å². The van der Waals surface area contributed by atoms with Crippen molar-refractivity contribution in [2.45, 2.75) is 44.9 Å². The number of nitrogens with two attached hydrogens (primary N) is 1. The van der Waals surface area contributed by atoms with Crippen LogP contribution in [0.2, 0.25) is 0 Å². The monoisotopic (exact) mass is 355 g/mol. The Morgan fingerprint density at radius 1 is 1.43 bits per heavy atom. The number of hydrogen-bond donors (Lipinski definition) is 3. The molecule has 1 amide bonds. The van der Waals surface area contributed by atoms with E-state index in [0.29, 0.717) is 13.0 Å². The van der Waals surface area contributed by atoms with Crippen LogP contribution in [0.25, 0.3) is 0 Å². The molecule has 1 aromatic rings. The Balaban J connectivity index is 2.07. The minimum absolute atomic E-state index is 0.00322. The molecule has 0 aliphatic carbocycles. The lowest BCUT2D eigenvalue weighted by atomic mass is 10.2. The molecular weight excluding hydrogens is 334 g/mol. The van der Waals surface area contributed by atoms with E-state index in [1.54, 1.807) is 0 Å². The van der Waals surface area contributed by atoms with Gasteiger partial charge in [-0.25, -0.2) is 0 Å². The van der Waals surface area contributed by atoms with Crippen LogP contribution < -0.4 is 16.4 Å². The summed E-state index contributed by atoms with van der Waals surface area (Å²) in [5.41, 5.74) is 7.23. The molecule has 4 N–H and O–H groups in total. The molecule has 2 rings (SSSR count). The van der Waals surface area contributed by atoms with E-state index in [4.69, 9.17) is 10.5 Å². The van der Waals surface area contributed by atoms with Crippen molar-refractivity contribution in [3.63, 3.8) is 0 Å². The van der Waals surface area contributed by atoms with Crippen molar-refractivity contribution in [1.29, 1.82) is 0 Å². The van der Waals surface area contributed by atoms with E-state index in [0.717, 1.165) is 22.3 Å². The van der Waals surface area contributed by atoms with Crippen molar-refractivity contribution >= 4 is 33.2 Å². The van der Waals surface area contributed by atoms with Gasteiger partial charge in [0.05, 0.1) is 17.5 Å². The summed E-state index contributed by atoms with van der Waals surface area (Å²) in [5, 5.41) is 6.27. The zero-order valence-electron chi connectivity index (χ0n) is 12.4. The molecule has 6 heteroatoms. The number of carbonyl (C=O) groups is 1. The van der Waals surface area contributed by atoms with Gasteiger partial charge in [0, 0.05) is 17.1 Å². The first-order chi connectivity index (χ1) is 9.99. The summed E-state index contributed by atoms with van der Waals surface area (Å²) < 4.78 is 6.54. The lowest BCUT2D eigenvalue weighted by molar-refractivity contribution is -0.126. The maximum atomic E-state index is 12.3. The molecule has 116 valence electrons. The van der Waals surface area contributed by atoms with Gasteiger partial charge in [-0.2, -0.15) is 0 Å². The Labute approximate surface area is 133 Å². The van der Waals surface area contributed by atoms with Crippen LogP contribution in [0.1, 0.15) is 26.7 Å². The summed E-state index contributed by atoms with van der Waals surface area (Å²) >= 11 is 3.43. The first kappa shape index (κ1) is 16.3. The van der Waals surface area contributed by atoms with E-state index in [1.165, 1.54) is 0 Å². The number of halogens is 1. The van der Waals surface area contributed by atoms with Gasteiger partial charge in [0.25, 0.3) is 5.91 Å². The molecule has 0 aromatic heterocycles. The fraction of sp³-hybridized carbons (Fsp3) is 0.533. The van der Waals surface area contributed by atoms with Crippen molar-refractivity contribution in [3.05, 3.63) is 22.7 Å². The number of amides is 1. The standard InChI is InChI=1S/C15H22BrN3O2/c1-9(2)18-12-5-3-10(16)7-13(12)19-15(20)14-6-4-11(8-17)21-14/h3,5,7,9,11,14,18H,4,6,8,17H2,1-2H3,(H,19,20)/t11-,14+/m1/s1. The van der Waals surface area contributed by atoms with Crippen LogP contribution in [0.5, 0.6) is 0 Å². The first-order valence-electron chi connectivity index (χ1n) is 7.22. The van der Waals surface area contributed by atoms with Gasteiger partial charge in [0.2, 0.25) is 0 Å². The Kier molecular flexibility index (Phi) is 5.61. The Hall–Kier alpha value is -1.11. The van der Waals surface area contributed by atoms with Gasteiger partial charge >= 0.3 is 0 Å². The third kappa shape index (κ3) is 4.43. The van der Waals surface area contributed by atoms with Crippen LogP contribution in [-0.2, 0) is 9.53 Å². The number of ether oxygens (including phenoxy) is 1. The summed E-state index contributed by atoms with van der Waals surface area (Å²) in [6.45, 7) is 4.57. The zero-order valence-corrected chi connectivity index (χ0v) is 13.9. The van der Waals surface area contributed by atoms with Crippen molar-refractivity contribution < 1.29 is 9.53 Å². The van der Waals surface area contributed by atoms with Gasteiger partial charge in [-0.1, -0.05) is 15.9 Å². The van der Waals surface area contributed by atoms with Crippen LogP contribution in [0.15, 0.2) is 22.7 Å².